The van der Waals surface area contributed by atoms with Gasteiger partial charge in [-0.25, -0.2) is 5.43 Å². The number of pyridine rings is 1. The van der Waals surface area contributed by atoms with Crippen LogP contribution in [0.1, 0.15) is 16.1 Å². The van der Waals surface area contributed by atoms with Crippen LogP contribution in [0, 0.1) is 0 Å². The molecule has 0 saturated heterocycles. The fourth-order valence-corrected chi connectivity index (χ4v) is 2.11. The van der Waals surface area contributed by atoms with E-state index in [1.54, 1.807) is 30.6 Å². The van der Waals surface area contributed by atoms with Crippen molar-refractivity contribution in [3.8, 4) is 11.1 Å². The first kappa shape index (κ1) is 14.7. The van der Waals surface area contributed by atoms with E-state index in [1.807, 2.05) is 42.5 Å². The average Bonchev–Trinajstić information content (AvgIpc) is 2.64. The summed E-state index contributed by atoms with van der Waals surface area (Å²) in [5.41, 5.74) is 6.01. The molecule has 0 atom stereocenters. The highest BCUT2D eigenvalue weighted by molar-refractivity contribution is 5.93. The van der Waals surface area contributed by atoms with Crippen LogP contribution in [0.2, 0.25) is 0 Å². The van der Waals surface area contributed by atoms with Gasteiger partial charge in [-0.3, -0.25) is 9.78 Å². The normalized spacial score (nSPS) is 10.6. The van der Waals surface area contributed by atoms with Crippen LogP contribution >= 0.6 is 0 Å². The van der Waals surface area contributed by atoms with E-state index in [9.17, 15) is 4.79 Å². The van der Waals surface area contributed by atoms with Crippen molar-refractivity contribution in [3.05, 3.63) is 90.3 Å². The first-order chi connectivity index (χ1) is 11.3. The number of nitrogens with one attached hydrogen (secondary N) is 1. The molecule has 1 amide bonds. The van der Waals surface area contributed by atoms with Crippen LogP contribution in [0.5, 0.6) is 0 Å². The van der Waals surface area contributed by atoms with Crippen molar-refractivity contribution in [1.29, 1.82) is 0 Å². The van der Waals surface area contributed by atoms with E-state index in [4.69, 9.17) is 0 Å². The lowest BCUT2D eigenvalue weighted by Crippen LogP contribution is -2.18. The zero-order chi connectivity index (χ0) is 15.9. The number of benzene rings is 2. The van der Waals surface area contributed by atoms with Gasteiger partial charge in [-0.1, -0.05) is 60.7 Å². The highest BCUT2D eigenvalue weighted by Gasteiger charge is 2.03. The SMILES string of the molecule is O=C(N/N=C/c1ccc(-c2ccccc2)cc1)c1ccccn1. The number of hydrogen-bond donors (Lipinski definition) is 1. The van der Waals surface area contributed by atoms with Crippen LogP contribution in [0.3, 0.4) is 0 Å². The minimum atomic E-state index is -0.331. The van der Waals surface area contributed by atoms with Gasteiger partial charge in [0.2, 0.25) is 0 Å². The Morgan fingerprint density at radius 1 is 0.870 bits per heavy atom. The van der Waals surface area contributed by atoms with Crippen molar-refractivity contribution in [2.45, 2.75) is 0 Å². The summed E-state index contributed by atoms with van der Waals surface area (Å²) < 4.78 is 0. The minimum absolute atomic E-state index is 0.331. The molecule has 3 rings (SSSR count). The van der Waals surface area contributed by atoms with E-state index in [1.165, 1.54) is 5.56 Å². The summed E-state index contributed by atoms with van der Waals surface area (Å²) in [4.78, 5) is 15.8. The van der Waals surface area contributed by atoms with Gasteiger partial charge >= 0.3 is 0 Å². The molecule has 0 spiro atoms. The minimum Gasteiger partial charge on any atom is -0.266 e. The number of aromatic nitrogens is 1. The molecule has 0 saturated carbocycles. The summed E-state index contributed by atoms with van der Waals surface area (Å²) in [7, 11) is 0. The Morgan fingerprint density at radius 2 is 1.57 bits per heavy atom. The number of carbonyl (C=O) groups is 1. The molecule has 0 aliphatic carbocycles. The fraction of sp³-hybridized carbons (Fsp3) is 0. The Hall–Kier alpha value is -3.27. The predicted octanol–water partition coefficient (Wildman–Crippen LogP) is 3.51. The quantitative estimate of drug-likeness (QED) is 0.592. The molecule has 0 fully saturated rings. The topological polar surface area (TPSA) is 54.4 Å². The number of amides is 1. The van der Waals surface area contributed by atoms with Crippen molar-refractivity contribution in [1.82, 2.24) is 10.4 Å². The maximum atomic E-state index is 11.8. The molecule has 0 aliphatic heterocycles. The van der Waals surface area contributed by atoms with Crippen molar-refractivity contribution in [2.24, 2.45) is 5.10 Å². The van der Waals surface area contributed by atoms with Crippen LogP contribution in [-0.4, -0.2) is 17.1 Å². The summed E-state index contributed by atoms with van der Waals surface area (Å²) in [5, 5.41) is 3.96. The van der Waals surface area contributed by atoms with Crippen LogP contribution < -0.4 is 5.43 Å². The highest BCUT2D eigenvalue weighted by atomic mass is 16.2. The molecule has 0 aliphatic rings. The lowest BCUT2D eigenvalue weighted by atomic mass is 10.0. The first-order valence-corrected chi connectivity index (χ1v) is 7.23. The van der Waals surface area contributed by atoms with E-state index in [0.29, 0.717) is 5.69 Å². The molecule has 112 valence electrons. The number of carbonyl (C=O) groups excluding carboxylic acids is 1. The van der Waals surface area contributed by atoms with E-state index in [-0.39, 0.29) is 5.91 Å². The van der Waals surface area contributed by atoms with Crippen molar-refractivity contribution < 1.29 is 4.79 Å². The number of nitrogens with zero attached hydrogens (tertiary/aromatic N) is 2. The number of hydrazone groups is 1. The second-order valence-electron chi connectivity index (χ2n) is 4.90. The Kier molecular flexibility index (Phi) is 4.55. The first-order valence-electron chi connectivity index (χ1n) is 7.23. The molecule has 1 aromatic heterocycles. The van der Waals surface area contributed by atoms with E-state index in [2.05, 4.69) is 27.6 Å². The molecule has 1 heterocycles. The predicted molar refractivity (Wildman–Crippen MR) is 91.2 cm³/mol. The number of hydrogen-bond acceptors (Lipinski definition) is 3. The third kappa shape index (κ3) is 3.89. The molecule has 4 heteroatoms. The zero-order valence-corrected chi connectivity index (χ0v) is 12.4. The molecule has 2 aromatic carbocycles. The standard InChI is InChI=1S/C19H15N3O/c23-19(18-8-4-5-13-20-18)22-21-14-15-9-11-17(12-10-15)16-6-2-1-3-7-16/h1-14H,(H,22,23)/b21-14+. The van der Waals surface area contributed by atoms with Crippen LogP contribution in [0.4, 0.5) is 0 Å². The smallest absolute Gasteiger partial charge is 0.266 e. The van der Waals surface area contributed by atoms with Crippen molar-refractivity contribution in [2.75, 3.05) is 0 Å². The van der Waals surface area contributed by atoms with Crippen LogP contribution in [0.25, 0.3) is 11.1 Å². The third-order valence-electron chi connectivity index (χ3n) is 3.30. The average molecular weight is 301 g/mol. The molecule has 0 radical (unpaired) electrons. The summed E-state index contributed by atoms with van der Waals surface area (Å²) in [6.45, 7) is 0. The third-order valence-corrected chi connectivity index (χ3v) is 3.30. The molecule has 4 nitrogen and oxygen atoms in total. The molecule has 1 N–H and O–H groups in total. The molecule has 0 unspecified atom stereocenters. The maximum Gasteiger partial charge on any atom is 0.289 e. The van der Waals surface area contributed by atoms with Crippen LogP contribution in [0.15, 0.2) is 84.1 Å². The van der Waals surface area contributed by atoms with Gasteiger partial charge in [-0.05, 0) is 28.8 Å². The number of rotatable bonds is 4. The Morgan fingerprint density at radius 3 is 2.26 bits per heavy atom. The second kappa shape index (κ2) is 7.13. The van der Waals surface area contributed by atoms with Crippen LogP contribution in [-0.2, 0) is 0 Å². The fourth-order valence-electron chi connectivity index (χ4n) is 2.11. The summed E-state index contributed by atoms with van der Waals surface area (Å²) in [6, 6.07) is 23.3. The molecule has 23 heavy (non-hydrogen) atoms. The van der Waals surface area contributed by atoms with Gasteiger partial charge in [0.25, 0.3) is 5.91 Å². The van der Waals surface area contributed by atoms with E-state index >= 15 is 0 Å². The highest BCUT2D eigenvalue weighted by Crippen LogP contribution is 2.18. The summed E-state index contributed by atoms with van der Waals surface area (Å²) in [5.74, 6) is -0.331. The Balaban J connectivity index is 1.63. The zero-order valence-electron chi connectivity index (χ0n) is 12.4. The van der Waals surface area contributed by atoms with E-state index in [0.717, 1.165) is 11.1 Å². The molecular formula is C19H15N3O. The van der Waals surface area contributed by atoms with Gasteiger partial charge in [0.15, 0.2) is 0 Å². The molecule has 0 bridgehead atoms. The van der Waals surface area contributed by atoms with Gasteiger partial charge in [-0.2, -0.15) is 5.10 Å². The van der Waals surface area contributed by atoms with Crippen molar-refractivity contribution >= 4 is 12.1 Å². The molecular weight excluding hydrogens is 286 g/mol. The lowest BCUT2D eigenvalue weighted by molar-refractivity contribution is 0.0950. The summed E-state index contributed by atoms with van der Waals surface area (Å²) in [6.07, 6.45) is 3.18. The van der Waals surface area contributed by atoms with Gasteiger partial charge < -0.3 is 0 Å². The maximum absolute atomic E-state index is 11.8. The largest absolute Gasteiger partial charge is 0.289 e. The lowest BCUT2D eigenvalue weighted by Gasteiger charge is -2.02. The summed E-state index contributed by atoms with van der Waals surface area (Å²) >= 11 is 0. The van der Waals surface area contributed by atoms with Gasteiger partial charge in [0, 0.05) is 6.20 Å². The molecule has 3 aromatic rings. The Bertz CT molecular complexity index is 797. The van der Waals surface area contributed by atoms with Gasteiger partial charge in [0.05, 0.1) is 6.21 Å². The Labute approximate surface area is 134 Å². The van der Waals surface area contributed by atoms with E-state index < -0.39 is 0 Å². The monoisotopic (exact) mass is 301 g/mol. The van der Waals surface area contributed by atoms with Gasteiger partial charge in [0.1, 0.15) is 5.69 Å². The second-order valence-corrected chi connectivity index (χ2v) is 4.90. The van der Waals surface area contributed by atoms with Gasteiger partial charge in [-0.15, -0.1) is 0 Å². The van der Waals surface area contributed by atoms with Crippen molar-refractivity contribution in [3.63, 3.8) is 0 Å².